The lowest BCUT2D eigenvalue weighted by Gasteiger charge is -2.37. The number of fused-ring (bicyclic) bond motifs is 1. The van der Waals surface area contributed by atoms with E-state index in [4.69, 9.17) is 0 Å². The molecule has 0 radical (unpaired) electrons. The van der Waals surface area contributed by atoms with Gasteiger partial charge in [0.1, 0.15) is 0 Å². The molecular weight excluding hydrogens is 244 g/mol. The molecule has 1 aliphatic carbocycles. The van der Waals surface area contributed by atoms with Gasteiger partial charge in [-0.3, -0.25) is 9.48 Å². The van der Waals surface area contributed by atoms with Crippen LogP contribution in [0.25, 0.3) is 11.0 Å². The maximum atomic E-state index is 11.3. The minimum absolute atomic E-state index is 0.455. The molecule has 0 aliphatic heterocycles. The van der Waals surface area contributed by atoms with E-state index < -0.39 is 11.4 Å². The van der Waals surface area contributed by atoms with E-state index in [2.05, 4.69) is 15.4 Å². The average molecular weight is 260 g/mol. The molecule has 6 nitrogen and oxygen atoms in total. The first-order valence-corrected chi connectivity index (χ1v) is 6.36. The molecule has 0 saturated heterocycles. The lowest BCUT2D eigenvalue weighted by Crippen LogP contribution is -2.43. The van der Waals surface area contributed by atoms with Crippen molar-refractivity contribution in [3.8, 4) is 0 Å². The number of carboxylic acids is 1. The van der Waals surface area contributed by atoms with Crippen LogP contribution in [0.3, 0.4) is 0 Å². The Balaban J connectivity index is 1.84. The second-order valence-electron chi connectivity index (χ2n) is 5.16. The summed E-state index contributed by atoms with van der Waals surface area (Å²) in [4.78, 5) is 15.6. The fourth-order valence-corrected chi connectivity index (χ4v) is 2.53. The lowest BCUT2D eigenvalue weighted by molar-refractivity contribution is -0.153. The number of nitrogens with one attached hydrogen (secondary N) is 1. The number of rotatable bonds is 4. The molecule has 0 spiro atoms. The monoisotopic (exact) mass is 260 g/mol. The summed E-state index contributed by atoms with van der Waals surface area (Å²) in [7, 11) is 1.84. The van der Waals surface area contributed by atoms with Crippen molar-refractivity contribution in [2.45, 2.75) is 19.3 Å². The van der Waals surface area contributed by atoms with E-state index in [1.54, 1.807) is 17.1 Å². The Bertz CT molecular complexity index is 631. The second-order valence-corrected chi connectivity index (χ2v) is 5.16. The molecular formula is C13H16N4O2. The molecule has 2 aromatic rings. The van der Waals surface area contributed by atoms with E-state index in [0.717, 1.165) is 36.0 Å². The summed E-state index contributed by atoms with van der Waals surface area (Å²) in [6.45, 7) is 0.455. The molecule has 1 aliphatic rings. The Labute approximate surface area is 110 Å². The summed E-state index contributed by atoms with van der Waals surface area (Å²) >= 11 is 0. The number of hydrogen-bond donors (Lipinski definition) is 2. The van der Waals surface area contributed by atoms with Gasteiger partial charge < -0.3 is 10.4 Å². The fourth-order valence-electron chi connectivity index (χ4n) is 2.53. The van der Waals surface area contributed by atoms with Gasteiger partial charge in [-0.1, -0.05) is 6.42 Å². The third-order valence-electron chi connectivity index (χ3n) is 4.02. The van der Waals surface area contributed by atoms with Crippen LogP contribution in [0.1, 0.15) is 19.3 Å². The molecule has 100 valence electrons. The summed E-state index contributed by atoms with van der Waals surface area (Å²) in [5, 5.41) is 17.7. The smallest absolute Gasteiger partial charge is 0.311 e. The largest absolute Gasteiger partial charge is 0.481 e. The minimum atomic E-state index is -0.706. The molecule has 0 atom stereocenters. The number of pyridine rings is 1. The molecule has 2 aromatic heterocycles. The van der Waals surface area contributed by atoms with Crippen LogP contribution in [0.4, 0.5) is 5.69 Å². The highest BCUT2D eigenvalue weighted by Gasteiger charge is 2.44. The van der Waals surface area contributed by atoms with E-state index in [0.29, 0.717) is 6.54 Å². The average Bonchev–Trinajstić information content (AvgIpc) is 2.70. The van der Waals surface area contributed by atoms with Crippen LogP contribution in [-0.4, -0.2) is 32.4 Å². The summed E-state index contributed by atoms with van der Waals surface area (Å²) < 4.78 is 1.71. The quantitative estimate of drug-likeness (QED) is 0.873. The number of aryl methyl sites for hydroxylation is 1. The topological polar surface area (TPSA) is 80.0 Å². The number of anilines is 1. The van der Waals surface area contributed by atoms with Gasteiger partial charge >= 0.3 is 5.97 Å². The first-order valence-electron chi connectivity index (χ1n) is 6.36. The van der Waals surface area contributed by atoms with Gasteiger partial charge in [0.25, 0.3) is 0 Å². The van der Waals surface area contributed by atoms with E-state index in [9.17, 15) is 9.90 Å². The van der Waals surface area contributed by atoms with Crippen LogP contribution >= 0.6 is 0 Å². The molecule has 2 heterocycles. The van der Waals surface area contributed by atoms with Crippen LogP contribution in [0.2, 0.25) is 0 Å². The van der Waals surface area contributed by atoms with Gasteiger partial charge in [-0.05, 0) is 18.9 Å². The third kappa shape index (κ3) is 1.83. The fraction of sp³-hybridized carbons (Fsp3) is 0.462. The zero-order valence-corrected chi connectivity index (χ0v) is 10.8. The molecule has 3 rings (SSSR count). The summed E-state index contributed by atoms with van der Waals surface area (Å²) in [5.74, 6) is -0.706. The van der Waals surface area contributed by atoms with E-state index >= 15 is 0 Å². The van der Waals surface area contributed by atoms with Gasteiger partial charge in [-0.2, -0.15) is 5.10 Å². The predicted molar refractivity (Wildman–Crippen MR) is 70.9 cm³/mol. The number of aromatic nitrogens is 3. The summed E-state index contributed by atoms with van der Waals surface area (Å²) in [6, 6.07) is 1.86. The highest BCUT2D eigenvalue weighted by molar-refractivity contribution is 5.88. The third-order valence-corrected chi connectivity index (χ3v) is 4.02. The second kappa shape index (κ2) is 4.22. The van der Waals surface area contributed by atoms with Crippen molar-refractivity contribution < 1.29 is 9.90 Å². The normalized spacial score (nSPS) is 17.1. The standard InChI is InChI=1S/C13H16N4O2/c1-17-11-9(7-16-17)10(3-6-14-11)15-8-13(12(18)19)4-2-5-13/h3,6-7H,2,4-5,8H2,1H3,(H,14,15)(H,18,19). The van der Waals surface area contributed by atoms with Crippen molar-refractivity contribution in [3.63, 3.8) is 0 Å². The van der Waals surface area contributed by atoms with Gasteiger partial charge in [-0.15, -0.1) is 0 Å². The van der Waals surface area contributed by atoms with Crippen molar-refractivity contribution in [1.29, 1.82) is 0 Å². The first kappa shape index (κ1) is 12.0. The molecule has 0 amide bonds. The molecule has 2 N–H and O–H groups in total. The minimum Gasteiger partial charge on any atom is -0.481 e. The first-order chi connectivity index (χ1) is 9.12. The van der Waals surface area contributed by atoms with Crippen LogP contribution in [0.5, 0.6) is 0 Å². The molecule has 0 aromatic carbocycles. The van der Waals surface area contributed by atoms with Gasteiger partial charge in [0.2, 0.25) is 0 Å². The van der Waals surface area contributed by atoms with E-state index in [-0.39, 0.29) is 0 Å². The summed E-state index contributed by atoms with van der Waals surface area (Å²) in [5.41, 5.74) is 1.09. The maximum Gasteiger partial charge on any atom is 0.311 e. The van der Waals surface area contributed by atoms with Crippen molar-refractivity contribution in [2.24, 2.45) is 12.5 Å². The highest BCUT2D eigenvalue weighted by Crippen LogP contribution is 2.41. The van der Waals surface area contributed by atoms with E-state index in [1.807, 2.05) is 13.1 Å². The van der Waals surface area contributed by atoms with Crippen LogP contribution < -0.4 is 5.32 Å². The van der Waals surface area contributed by atoms with Crippen LogP contribution in [-0.2, 0) is 11.8 Å². The number of carboxylic acid groups (broad SMARTS) is 1. The van der Waals surface area contributed by atoms with Crippen molar-refractivity contribution in [2.75, 3.05) is 11.9 Å². The Morgan fingerprint density at radius 3 is 3.00 bits per heavy atom. The van der Waals surface area contributed by atoms with Gasteiger partial charge in [-0.25, -0.2) is 4.98 Å². The van der Waals surface area contributed by atoms with E-state index in [1.165, 1.54) is 0 Å². The number of nitrogens with zero attached hydrogens (tertiary/aromatic N) is 3. The highest BCUT2D eigenvalue weighted by atomic mass is 16.4. The Kier molecular flexibility index (Phi) is 2.66. The Hall–Kier alpha value is -2.11. The maximum absolute atomic E-state index is 11.3. The zero-order chi connectivity index (χ0) is 13.5. The number of aliphatic carboxylic acids is 1. The molecule has 1 fully saturated rings. The summed E-state index contributed by atoms with van der Waals surface area (Å²) in [6.07, 6.45) is 5.94. The number of carbonyl (C=O) groups is 1. The van der Waals surface area contributed by atoms with Crippen molar-refractivity contribution >= 4 is 22.7 Å². The zero-order valence-electron chi connectivity index (χ0n) is 10.8. The SMILES string of the molecule is Cn1ncc2c(NCC3(C(=O)O)CCC3)ccnc21. The Morgan fingerprint density at radius 2 is 2.37 bits per heavy atom. The molecule has 19 heavy (non-hydrogen) atoms. The van der Waals surface area contributed by atoms with Crippen LogP contribution in [0.15, 0.2) is 18.5 Å². The molecule has 1 saturated carbocycles. The van der Waals surface area contributed by atoms with Gasteiger partial charge in [0.15, 0.2) is 5.65 Å². The molecule has 6 heteroatoms. The van der Waals surface area contributed by atoms with Gasteiger partial charge in [0, 0.05) is 25.5 Å². The van der Waals surface area contributed by atoms with Gasteiger partial charge in [0.05, 0.1) is 17.0 Å². The molecule has 0 bridgehead atoms. The van der Waals surface area contributed by atoms with Crippen molar-refractivity contribution in [3.05, 3.63) is 18.5 Å². The lowest BCUT2D eigenvalue weighted by atomic mass is 9.69. The van der Waals surface area contributed by atoms with Crippen LogP contribution in [0, 0.1) is 5.41 Å². The Morgan fingerprint density at radius 1 is 1.58 bits per heavy atom. The van der Waals surface area contributed by atoms with Crippen molar-refractivity contribution in [1.82, 2.24) is 14.8 Å². The predicted octanol–water partition coefficient (Wildman–Crippen LogP) is 1.64. The molecule has 0 unspecified atom stereocenters. The number of hydrogen-bond acceptors (Lipinski definition) is 4.